The highest BCUT2D eigenvalue weighted by molar-refractivity contribution is 7.89. The maximum atomic E-state index is 11.3. The number of nitrogens with one attached hydrogen (secondary N) is 1. The van der Waals surface area contributed by atoms with Gasteiger partial charge in [0.15, 0.2) is 5.69 Å². The number of nitriles is 1. The molecule has 0 aliphatic heterocycles. The van der Waals surface area contributed by atoms with Crippen LogP contribution in [-0.4, -0.2) is 13.4 Å². The van der Waals surface area contributed by atoms with Crippen molar-refractivity contribution in [2.24, 2.45) is 5.14 Å². The molecule has 1 aromatic carbocycles. The molecule has 0 atom stereocenters. The second-order valence-corrected chi connectivity index (χ2v) is 6.15. The summed E-state index contributed by atoms with van der Waals surface area (Å²) in [6, 6.07) is 11.3. The summed E-state index contributed by atoms with van der Waals surface area (Å²) >= 11 is 5.79. The van der Waals surface area contributed by atoms with E-state index in [-0.39, 0.29) is 15.6 Å². The van der Waals surface area contributed by atoms with Gasteiger partial charge in [-0.15, -0.1) is 0 Å². The van der Waals surface area contributed by atoms with E-state index in [0.29, 0.717) is 12.4 Å². The van der Waals surface area contributed by atoms with Gasteiger partial charge in [0.05, 0.1) is 9.92 Å². The lowest BCUT2D eigenvalue weighted by Gasteiger charge is -2.07. The standard InChI is InChI=1S/C13H11ClN4O2S/c14-11-4-5-13(18-12(11)7-15)17-8-9-2-1-3-10(6-9)21(16,19)20/h1-6H,8H2,(H,17,18)(H2,16,19,20). The molecule has 3 N–H and O–H groups in total. The van der Waals surface area contributed by atoms with Crippen molar-refractivity contribution >= 4 is 27.4 Å². The summed E-state index contributed by atoms with van der Waals surface area (Å²) < 4.78 is 22.5. The third-order valence-corrected chi connectivity index (χ3v) is 3.87. The molecule has 108 valence electrons. The minimum atomic E-state index is -3.73. The van der Waals surface area contributed by atoms with E-state index in [0.717, 1.165) is 5.56 Å². The summed E-state index contributed by atoms with van der Waals surface area (Å²) in [5, 5.41) is 17.2. The van der Waals surface area contributed by atoms with E-state index in [4.69, 9.17) is 22.0 Å². The van der Waals surface area contributed by atoms with Gasteiger partial charge in [-0.2, -0.15) is 5.26 Å². The molecule has 0 saturated heterocycles. The topological polar surface area (TPSA) is 109 Å². The zero-order chi connectivity index (χ0) is 15.5. The minimum Gasteiger partial charge on any atom is -0.366 e. The summed E-state index contributed by atoms with van der Waals surface area (Å²) in [6.07, 6.45) is 0. The number of anilines is 1. The Labute approximate surface area is 127 Å². The van der Waals surface area contributed by atoms with Crippen molar-refractivity contribution < 1.29 is 8.42 Å². The van der Waals surface area contributed by atoms with E-state index in [2.05, 4.69) is 10.3 Å². The van der Waals surface area contributed by atoms with Crippen LogP contribution in [0.4, 0.5) is 5.82 Å². The molecule has 0 amide bonds. The minimum absolute atomic E-state index is 0.0450. The monoisotopic (exact) mass is 322 g/mol. The van der Waals surface area contributed by atoms with Crippen molar-refractivity contribution in [3.05, 3.63) is 52.7 Å². The van der Waals surface area contributed by atoms with Crippen LogP contribution in [0, 0.1) is 11.3 Å². The molecular formula is C13H11ClN4O2S. The van der Waals surface area contributed by atoms with Crippen molar-refractivity contribution in [2.75, 3.05) is 5.32 Å². The average Bonchev–Trinajstić information content (AvgIpc) is 2.46. The van der Waals surface area contributed by atoms with Gasteiger partial charge in [-0.3, -0.25) is 0 Å². The first kappa shape index (κ1) is 15.3. The van der Waals surface area contributed by atoms with Crippen LogP contribution in [-0.2, 0) is 16.6 Å². The van der Waals surface area contributed by atoms with Gasteiger partial charge in [0, 0.05) is 6.54 Å². The lowest BCUT2D eigenvalue weighted by Crippen LogP contribution is -2.12. The zero-order valence-electron chi connectivity index (χ0n) is 10.7. The van der Waals surface area contributed by atoms with Crippen LogP contribution < -0.4 is 10.5 Å². The van der Waals surface area contributed by atoms with Crippen LogP contribution in [0.1, 0.15) is 11.3 Å². The molecule has 0 saturated carbocycles. The van der Waals surface area contributed by atoms with E-state index in [9.17, 15) is 8.42 Å². The summed E-state index contributed by atoms with van der Waals surface area (Å²) in [6.45, 7) is 0.336. The summed E-state index contributed by atoms with van der Waals surface area (Å²) in [5.41, 5.74) is 0.844. The van der Waals surface area contributed by atoms with Crippen LogP contribution in [0.25, 0.3) is 0 Å². The third-order valence-electron chi connectivity index (χ3n) is 2.65. The summed E-state index contributed by atoms with van der Waals surface area (Å²) in [4.78, 5) is 4.07. The highest BCUT2D eigenvalue weighted by Gasteiger charge is 2.08. The van der Waals surface area contributed by atoms with Crippen molar-refractivity contribution in [2.45, 2.75) is 11.4 Å². The van der Waals surface area contributed by atoms with Gasteiger partial charge in [-0.1, -0.05) is 23.7 Å². The van der Waals surface area contributed by atoms with Crippen molar-refractivity contribution in [1.82, 2.24) is 4.98 Å². The van der Waals surface area contributed by atoms with E-state index in [1.165, 1.54) is 12.1 Å². The van der Waals surface area contributed by atoms with Crippen molar-refractivity contribution in [3.63, 3.8) is 0 Å². The van der Waals surface area contributed by atoms with Crippen LogP contribution in [0.3, 0.4) is 0 Å². The smallest absolute Gasteiger partial charge is 0.238 e. The first-order chi connectivity index (χ1) is 9.90. The molecule has 2 rings (SSSR count). The van der Waals surface area contributed by atoms with Crippen LogP contribution in [0.15, 0.2) is 41.3 Å². The van der Waals surface area contributed by atoms with Gasteiger partial charge in [-0.05, 0) is 29.8 Å². The number of benzene rings is 1. The SMILES string of the molecule is N#Cc1nc(NCc2cccc(S(N)(=O)=O)c2)ccc1Cl. The molecule has 0 aliphatic carbocycles. The largest absolute Gasteiger partial charge is 0.366 e. The van der Waals surface area contributed by atoms with Gasteiger partial charge in [-0.25, -0.2) is 18.5 Å². The van der Waals surface area contributed by atoms with Crippen molar-refractivity contribution in [3.8, 4) is 6.07 Å². The maximum absolute atomic E-state index is 11.3. The lowest BCUT2D eigenvalue weighted by molar-refractivity contribution is 0.597. The molecule has 21 heavy (non-hydrogen) atoms. The second kappa shape index (κ2) is 6.10. The molecule has 0 spiro atoms. The van der Waals surface area contributed by atoms with Gasteiger partial charge >= 0.3 is 0 Å². The number of hydrogen-bond donors (Lipinski definition) is 2. The molecule has 0 radical (unpaired) electrons. The number of sulfonamides is 1. The molecule has 0 aliphatic rings. The Morgan fingerprint density at radius 2 is 2.10 bits per heavy atom. The third kappa shape index (κ3) is 3.92. The molecule has 0 bridgehead atoms. The van der Waals surface area contributed by atoms with E-state index in [1.807, 2.05) is 6.07 Å². The number of pyridine rings is 1. The fourth-order valence-corrected chi connectivity index (χ4v) is 2.38. The molecular weight excluding hydrogens is 312 g/mol. The molecule has 8 heteroatoms. The Bertz CT molecular complexity index is 815. The fraction of sp³-hybridized carbons (Fsp3) is 0.0769. The number of rotatable bonds is 4. The number of aromatic nitrogens is 1. The van der Waals surface area contributed by atoms with Crippen LogP contribution in [0.2, 0.25) is 5.02 Å². The highest BCUT2D eigenvalue weighted by atomic mass is 35.5. The van der Waals surface area contributed by atoms with Gasteiger partial charge in [0.2, 0.25) is 10.0 Å². The van der Waals surface area contributed by atoms with E-state index >= 15 is 0 Å². The molecule has 0 fully saturated rings. The van der Waals surface area contributed by atoms with Crippen LogP contribution >= 0.6 is 11.6 Å². The predicted molar refractivity (Wildman–Crippen MR) is 79.1 cm³/mol. The maximum Gasteiger partial charge on any atom is 0.238 e. The lowest BCUT2D eigenvalue weighted by atomic mass is 10.2. The molecule has 1 aromatic heterocycles. The summed E-state index contributed by atoms with van der Waals surface area (Å²) in [7, 11) is -3.73. The number of nitrogens with two attached hydrogens (primary N) is 1. The Hall–Kier alpha value is -2.14. The summed E-state index contributed by atoms with van der Waals surface area (Å²) in [5.74, 6) is 0.469. The quantitative estimate of drug-likeness (QED) is 0.893. The normalized spacial score (nSPS) is 10.9. The fourth-order valence-electron chi connectivity index (χ4n) is 1.64. The molecule has 6 nitrogen and oxygen atoms in total. The van der Waals surface area contributed by atoms with Gasteiger partial charge in [0.25, 0.3) is 0 Å². The molecule has 1 heterocycles. The van der Waals surface area contributed by atoms with E-state index < -0.39 is 10.0 Å². The first-order valence-corrected chi connectivity index (χ1v) is 7.75. The van der Waals surface area contributed by atoms with Crippen LogP contribution in [0.5, 0.6) is 0 Å². The van der Waals surface area contributed by atoms with Gasteiger partial charge in [0.1, 0.15) is 11.9 Å². The number of hydrogen-bond acceptors (Lipinski definition) is 5. The number of halogens is 1. The zero-order valence-corrected chi connectivity index (χ0v) is 12.3. The molecule has 0 unspecified atom stereocenters. The highest BCUT2D eigenvalue weighted by Crippen LogP contribution is 2.17. The Morgan fingerprint density at radius 1 is 1.33 bits per heavy atom. The Morgan fingerprint density at radius 3 is 2.76 bits per heavy atom. The second-order valence-electron chi connectivity index (χ2n) is 4.18. The molecule has 2 aromatic rings. The Balaban J connectivity index is 2.16. The Kier molecular flexibility index (Phi) is 4.43. The average molecular weight is 323 g/mol. The van der Waals surface area contributed by atoms with Gasteiger partial charge < -0.3 is 5.32 Å². The number of primary sulfonamides is 1. The van der Waals surface area contributed by atoms with Crippen molar-refractivity contribution in [1.29, 1.82) is 5.26 Å². The number of nitrogens with zero attached hydrogens (tertiary/aromatic N) is 2. The van der Waals surface area contributed by atoms with E-state index in [1.54, 1.807) is 24.3 Å². The first-order valence-electron chi connectivity index (χ1n) is 5.82. The predicted octanol–water partition coefficient (Wildman–Crippen LogP) is 1.87.